The molecule has 0 bridgehead atoms. The average Bonchev–Trinajstić information content (AvgIpc) is 2.88. The van der Waals surface area contributed by atoms with Crippen LogP contribution in [0.2, 0.25) is 0 Å². The Bertz CT molecular complexity index is 275. The van der Waals surface area contributed by atoms with E-state index in [0.717, 1.165) is 38.8 Å². The number of nitrogens with one attached hydrogen (secondary N) is 1. The van der Waals surface area contributed by atoms with Crippen molar-refractivity contribution in [1.82, 2.24) is 10.2 Å². The molecule has 2 atom stereocenters. The van der Waals surface area contributed by atoms with Crippen molar-refractivity contribution in [2.75, 3.05) is 33.4 Å². The van der Waals surface area contributed by atoms with Crippen LogP contribution in [0.3, 0.4) is 0 Å². The zero-order chi connectivity index (χ0) is 14.3. The number of nitrogens with zero attached hydrogens (tertiary/aromatic N) is 1. The van der Waals surface area contributed by atoms with E-state index < -0.39 is 0 Å². The number of hydrogen-bond donors (Lipinski definition) is 1. The predicted molar refractivity (Wildman–Crippen MR) is 78.2 cm³/mol. The highest BCUT2D eigenvalue weighted by molar-refractivity contribution is 5.83. The van der Waals surface area contributed by atoms with Gasteiger partial charge in [-0.2, -0.15) is 0 Å². The van der Waals surface area contributed by atoms with Gasteiger partial charge in [0.25, 0.3) is 0 Å². The molecular weight excluding hydrogens is 240 g/mol. The molecular formula is C15H30N2O2. The number of carbonyl (C=O) groups is 1. The van der Waals surface area contributed by atoms with E-state index in [1.165, 1.54) is 0 Å². The number of methoxy groups -OCH3 is 1. The number of hydrogen-bond acceptors (Lipinski definition) is 3. The molecule has 0 aromatic heterocycles. The minimum atomic E-state index is -0.175. The van der Waals surface area contributed by atoms with Gasteiger partial charge in [-0.05, 0) is 32.7 Å². The molecule has 1 aliphatic heterocycles. The summed E-state index contributed by atoms with van der Waals surface area (Å²) in [5, 5.41) is 3.37. The van der Waals surface area contributed by atoms with E-state index in [1.807, 2.05) is 4.90 Å². The van der Waals surface area contributed by atoms with Crippen molar-refractivity contribution in [1.29, 1.82) is 0 Å². The fourth-order valence-corrected chi connectivity index (χ4v) is 2.96. The molecule has 1 fully saturated rings. The Morgan fingerprint density at radius 3 is 2.68 bits per heavy atom. The molecule has 1 rings (SSSR count). The van der Waals surface area contributed by atoms with Crippen LogP contribution in [0.1, 0.15) is 46.5 Å². The first kappa shape index (κ1) is 16.4. The molecule has 0 aromatic rings. The first-order valence-corrected chi connectivity index (χ1v) is 7.62. The lowest BCUT2D eigenvalue weighted by molar-refractivity contribution is -0.144. The molecule has 1 amide bonds. The molecule has 0 aromatic carbocycles. The Labute approximate surface area is 117 Å². The molecule has 112 valence electrons. The van der Waals surface area contributed by atoms with Crippen LogP contribution in [0.15, 0.2) is 0 Å². The fraction of sp³-hybridized carbons (Fsp3) is 0.933. The van der Waals surface area contributed by atoms with Crippen LogP contribution in [0.5, 0.6) is 0 Å². The minimum Gasteiger partial charge on any atom is -0.383 e. The summed E-state index contributed by atoms with van der Waals surface area (Å²) in [5.74, 6) is 0.325. The summed E-state index contributed by atoms with van der Waals surface area (Å²) in [6, 6.07) is 0.289. The summed E-state index contributed by atoms with van der Waals surface area (Å²) < 4.78 is 5.16. The van der Waals surface area contributed by atoms with Crippen molar-refractivity contribution >= 4 is 5.91 Å². The Morgan fingerprint density at radius 2 is 2.21 bits per heavy atom. The van der Waals surface area contributed by atoms with Crippen LogP contribution >= 0.6 is 0 Å². The van der Waals surface area contributed by atoms with Gasteiger partial charge in [0.1, 0.15) is 0 Å². The molecule has 0 radical (unpaired) electrons. The third kappa shape index (κ3) is 3.93. The fourth-order valence-electron chi connectivity index (χ4n) is 2.96. The van der Waals surface area contributed by atoms with E-state index in [9.17, 15) is 4.79 Å². The van der Waals surface area contributed by atoms with E-state index in [4.69, 9.17) is 4.74 Å². The van der Waals surface area contributed by atoms with Crippen molar-refractivity contribution in [3.63, 3.8) is 0 Å². The molecule has 1 heterocycles. The maximum atomic E-state index is 13.0. The van der Waals surface area contributed by atoms with Gasteiger partial charge < -0.3 is 15.0 Å². The summed E-state index contributed by atoms with van der Waals surface area (Å²) in [7, 11) is 1.69. The predicted octanol–water partition coefficient (Wildman–Crippen LogP) is 2.04. The molecule has 0 spiro atoms. The number of amides is 1. The maximum absolute atomic E-state index is 13.0. The number of rotatable bonds is 8. The molecule has 1 saturated heterocycles. The number of carbonyl (C=O) groups excluding carboxylic acids is 1. The van der Waals surface area contributed by atoms with E-state index in [1.54, 1.807) is 7.11 Å². The lowest BCUT2D eigenvalue weighted by atomic mass is 9.80. The normalized spacial score (nSPS) is 24.4. The minimum absolute atomic E-state index is 0.175. The molecule has 2 unspecified atom stereocenters. The van der Waals surface area contributed by atoms with Crippen LogP contribution in [-0.4, -0.2) is 50.2 Å². The first-order chi connectivity index (χ1) is 9.11. The second-order valence-electron chi connectivity index (χ2n) is 5.71. The standard InChI is InChI=1S/C15H30N2O2/c1-5-7-15(8-9-16-12-15)14(18)17(10-11-19-4)13(3)6-2/h13,16H,5-12H2,1-4H3. The Kier molecular flexibility index (Phi) is 6.80. The molecule has 19 heavy (non-hydrogen) atoms. The Balaban J connectivity index is 2.82. The van der Waals surface area contributed by atoms with Gasteiger partial charge in [0, 0.05) is 26.2 Å². The van der Waals surface area contributed by atoms with Crippen LogP contribution in [0.25, 0.3) is 0 Å². The highest BCUT2D eigenvalue weighted by Gasteiger charge is 2.43. The van der Waals surface area contributed by atoms with Gasteiger partial charge in [0.15, 0.2) is 0 Å². The Morgan fingerprint density at radius 1 is 1.47 bits per heavy atom. The van der Waals surface area contributed by atoms with Gasteiger partial charge in [0.05, 0.1) is 12.0 Å². The summed E-state index contributed by atoms with van der Waals surface area (Å²) >= 11 is 0. The second-order valence-corrected chi connectivity index (χ2v) is 5.71. The molecule has 1 N–H and O–H groups in total. The van der Waals surface area contributed by atoms with Crippen LogP contribution in [0, 0.1) is 5.41 Å². The Hall–Kier alpha value is -0.610. The summed E-state index contributed by atoms with van der Waals surface area (Å²) in [6.07, 6.45) is 4.01. The second kappa shape index (κ2) is 7.85. The van der Waals surface area contributed by atoms with Gasteiger partial charge in [-0.25, -0.2) is 0 Å². The summed E-state index contributed by atoms with van der Waals surface area (Å²) in [5.41, 5.74) is -0.175. The lowest BCUT2D eigenvalue weighted by Gasteiger charge is -2.37. The van der Waals surface area contributed by atoms with Crippen molar-refractivity contribution in [3.05, 3.63) is 0 Å². The van der Waals surface area contributed by atoms with Crippen LogP contribution in [0.4, 0.5) is 0 Å². The smallest absolute Gasteiger partial charge is 0.230 e. The zero-order valence-electron chi connectivity index (χ0n) is 13.0. The largest absolute Gasteiger partial charge is 0.383 e. The average molecular weight is 270 g/mol. The van der Waals surface area contributed by atoms with Gasteiger partial charge in [-0.1, -0.05) is 20.3 Å². The highest BCUT2D eigenvalue weighted by atomic mass is 16.5. The van der Waals surface area contributed by atoms with E-state index in [0.29, 0.717) is 19.1 Å². The quantitative estimate of drug-likeness (QED) is 0.734. The molecule has 0 aliphatic carbocycles. The summed E-state index contributed by atoms with van der Waals surface area (Å²) in [6.45, 7) is 9.55. The van der Waals surface area contributed by atoms with Crippen molar-refractivity contribution < 1.29 is 9.53 Å². The highest BCUT2D eigenvalue weighted by Crippen LogP contribution is 2.34. The van der Waals surface area contributed by atoms with Gasteiger partial charge >= 0.3 is 0 Å². The van der Waals surface area contributed by atoms with E-state index in [2.05, 4.69) is 26.1 Å². The molecule has 0 saturated carbocycles. The van der Waals surface area contributed by atoms with Gasteiger partial charge in [0.2, 0.25) is 5.91 Å². The molecule has 4 nitrogen and oxygen atoms in total. The first-order valence-electron chi connectivity index (χ1n) is 7.62. The van der Waals surface area contributed by atoms with E-state index in [-0.39, 0.29) is 11.5 Å². The number of ether oxygens (including phenoxy) is 1. The maximum Gasteiger partial charge on any atom is 0.230 e. The topological polar surface area (TPSA) is 41.6 Å². The van der Waals surface area contributed by atoms with Crippen LogP contribution < -0.4 is 5.32 Å². The van der Waals surface area contributed by atoms with Gasteiger partial charge in [-0.15, -0.1) is 0 Å². The van der Waals surface area contributed by atoms with E-state index >= 15 is 0 Å². The van der Waals surface area contributed by atoms with Gasteiger partial charge in [-0.3, -0.25) is 4.79 Å². The lowest BCUT2D eigenvalue weighted by Crippen LogP contribution is -2.50. The monoisotopic (exact) mass is 270 g/mol. The zero-order valence-corrected chi connectivity index (χ0v) is 13.0. The summed E-state index contributed by atoms with van der Waals surface area (Å²) in [4.78, 5) is 15.0. The molecule has 4 heteroatoms. The molecule has 1 aliphatic rings. The van der Waals surface area contributed by atoms with Crippen molar-refractivity contribution in [2.45, 2.75) is 52.5 Å². The third-order valence-corrected chi connectivity index (χ3v) is 4.35. The SMILES string of the molecule is CCCC1(C(=O)N(CCOC)C(C)CC)CCNC1. The van der Waals surface area contributed by atoms with Crippen molar-refractivity contribution in [3.8, 4) is 0 Å². The van der Waals surface area contributed by atoms with Crippen LogP contribution in [-0.2, 0) is 9.53 Å². The van der Waals surface area contributed by atoms with Crippen molar-refractivity contribution in [2.24, 2.45) is 5.41 Å². The third-order valence-electron chi connectivity index (χ3n) is 4.35.